The zero-order valence-corrected chi connectivity index (χ0v) is 36.7. The summed E-state index contributed by atoms with van der Waals surface area (Å²) in [5.74, 6) is 0. The van der Waals surface area contributed by atoms with Gasteiger partial charge in [0, 0.05) is 58.5 Å². The number of thiophene rings is 1. The highest BCUT2D eigenvalue weighted by atomic mass is 32.1. The van der Waals surface area contributed by atoms with E-state index in [1.54, 1.807) is 0 Å². The van der Waals surface area contributed by atoms with Gasteiger partial charge in [-0.1, -0.05) is 206 Å². The summed E-state index contributed by atoms with van der Waals surface area (Å²) in [6, 6.07) is 90.5. The fourth-order valence-corrected chi connectivity index (χ4v) is 16.9. The molecule has 3 aromatic heterocycles. The minimum absolute atomic E-state index is 1.15. The third-order valence-electron chi connectivity index (χ3n) is 13.5. The van der Waals surface area contributed by atoms with E-state index in [-0.39, 0.29) is 0 Å². The molecule has 2 nitrogen and oxygen atoms in total. The van der Waals surface area contributed by atoms with Crippen LogP contribution in [0.15, 0.2) is 243 Å². The van der Waals surface area contributed by atoms with Crippen molar-refractivity contribution >= 4 is 104 Å². The Kier molecular flexibility index (Phi) is 8.45. The summed E-state index contributed by atoms with van der Waals surface area (Å²) in [6.45, 7) is 0. The molecule has 10 aromatic carbocycles. The molecule has 0 aliphatic rings. The van der Waals surface area contributed by atoms with Gasteiger partial charge in [0.1, 0.15) is 0 Å². The van der Waals surface area contributed by atoms with E-state index < -0.39 is 8.07 Å². The molecule has 0 spiro atoms. The van der Waals surface area contributed by atoms with Crippen LogP contribution in [0.3, 0.4) is 0 Å². The molecule has 3 heterocycles. The molecule has 0 aliphatic heterocycles. The Balaban J connectivity index is 1.13. The van der Waals surface area contributed by atoms with Crippen molar-refractivity contribution in [3.63, 3.8) is 0 Å². The number of hydrogen-bond donors (Lipinski definition) is 0. The first-order chi connectivity index (χ1) is 31.8. The Labute approximate surface area is 376 Å². The molecule has 64 heavy (non-hydrogen) atoms. The van der Waals surface area contributed by atoms with E-state index >= 15 is 0 Å². The van der Waals surface area contributed by atoms with Crippen LogP contribution in [0, 0.1) is 0 Å². The number of hydrogen-bond acceptors (Lipinski definition) is 1. The molecule has 0 atom stereocenters. The molecule has 0 bridgehead atoms. The summed E-state index contributed by atoms with van der Waals surface area (Å²) in [6.07, 6.45) is 0. The molecule has 0 aliphatic carbocycles. The third kappa shape index (κ3) is 5.37. The number of fused-ring (bicyclic) bond motifs is 9. The lowest BCUT2D eigenvalue weighted by atomic mass is 10.00. The molecular weight excluding hydrogens is 809 g/mol. The molecule has 0 saturated carbocycles. The topological polar surface area (TPSA) is 9.86 Å². The second-order valence-corrected chi connectivity index (χ2v) is 21.6. The van der Waals surface area contributed by atoms with Gasteiger partial charge in [-0.15, -0.1) is 11.3 Å². The Morgan fingerprint density at radius 1 is 0.312 bits per heavy atom. The molecule has 13 rings (SSSR count). The highest BCUT2D eigenvalue weighted by Crippen LogP contribution is 2.45. The van der Waals surface area contributed by atoms with Crippen LogP contribution in [0.4, 0.5) is 0 Å². The molecule has 0 radical (unpaired) electrons. The third-order valence-corrected chi connectivity index (χ3v) is 19.5. The number of rotatable bonds is 7. The molecular formula is C60H40N2SSi. The van der Waals surface area contributed by atoms with Gasteiger partial charge in [0.05, 0.1) is 27.8 Å². The summed E-state index contributed by atoms with van der Waals surface area (Å²) in [7, 11) is -2.82. The van der Waals surface area contributed by atoms with Gasteiger partial charge in [-0.05, 0) is 57.1 Å². The van der Waals surface area contributed by atoms with Crippen LogP contribution in [0.25, 0.3) is 86.3 Å². The van der Waals surface area contributed by atoms with E-state index in [4.69, 9.17) is 0 Å². The van der Waals surface area contributed by atoms with Crippen molar-refractivity contribution in [2.24, 2.45) is 0 Å². The van der Waals surface area contributed by atoms with Crippen LogP contribution in [0.5, 0.6) is 0 Å². The molecule has 300 valence electrons. The van der Waals surface area contributed by atoms with Crippen LogP contribution in [0.2, 0.25) is 0 Å². The average Bonchev–Trinajstić information content (AvgIpc) is 4.04. The smallest absolute Gasteiger partial charge is 0.179 e. The number of para-hydroxylation sites is 4. The molecule has 0 N–H and O–H groups in total. The first kappa shape index (κ1) is 36.9. The normalized spacial score (nSPS) is 12.1. The average molecular weight is 849 g/mol. The monoisotopic (exact) mass is 848 g/mol. The number of nitrogens with zero attached hydrogens (tertiary/aromatic N) is 2. The maximum Gasteiger partial charge on any atom is 0.179 e. The van der Waals surface area contributed by atoms with Gasteiger partial charge in [0.25, 0.3) is 0 Å². The molecule has 0 unspecified atom stereocenters. The van der Waals surface area contributed by atoms with Crippen molar-refractivity contribution in [2.45, 2.75) is 0 Å². The maximum absolute atomic E-state index is 2.82. The number of benzene rings is 10. The van der Waals surface area contributed by atoms with Crippen LogP contribution < -0.4 is 20.7 Å². The summed E-state index contributed by atoms with van der Waals surface area (Å²) in [5, 5.41) is 13.0. The summed E-state index contributed by atoms with van der Waals surface area (Å²) in [4.78, 5) is 0. The first-order valence-corrected chi connectivity index (χ1v) is 24.8. The van der Waals surface area contributed by atoms with Crippen molar-refractivity contribution in [2.75, 3.05) is 0 Å². The van der Waals surface area contributed by atoms with Gasteiger partial charge in [0.15, 0.2) is 8.07 Å². The molecule has 0 saturated heterocycles. The van der Waals surface area contributed by atoms with Crippen molar-refractivity contribution in [3.05, 3.63) is 243 Å². The molecule has 0 amide bonds. The van der Waals surface area contributed by atoms with Crippen molar-refractivity contribution in [1.29, 1.82) is 0 Å². The van der Waals surface area contributed by atoms with Gasteiger partial charge < -0.3 is 9.13 Å². The second kappa shape index (κ2) is 14.7. The van der Waals surface area contributed by atoms with E-state index in [1.165, 1.54) is 95.7 Å². The highest BCUT2D eigenvalue weighted by Gasteiger charge is 2.41. The first-order valence-electron chi connectivity index (χ1n) is 22.0. The lowest BCUT2D eigenvalue weighted by Gasteiger charge is -2.34. The minimum Gasteiger partial charge on any atom is -0.307 e. The van der Waals surface area contributed by atoms with Gasteiger partial charge in [-0.3, -0.25) is 0 Å². The predicted molar refractivity (Wildman–Crippen MR) is 277 cm³/mol. The zero-order chi connectivity index (χ0) is 42.2. The van der Waals surface area contributed by atoms with Gasteiger partial charge >= 0.3 is 0 Å². The summed E-state index contributed by atoms with van der Waals surface area (Å²) >= 11 is 1.89. The standard InChI is InChI=1S/C60H40N2SSi/c1-4-21-42(22-5-1)64(43-23-6-2-7-24-43,44-25-8-3-9-26-44)45-27-16-20-41(40-45)61-54-36-13-10-29-47(54)50-33-19-38-56(59(50)61)62-55-37-14-11-28-46(55)49-31-17-32-51(58(49)62)53-35-18-34-52-48-30-12-15-39-57(48)63-60(52)53/h1-40H. The highest BCUT2D eigenvalue weighted by molar-refractivity contribution is 7.26. The molecule has 13 aromatic rings. The molecule has 0 fully saturated rings. The predicted octanol–water partition coefficient (Wildman–Crippen LogP) is 13.3. The van der Waals surface area contributed by atoms with E-state index in [0.29, 0.717) is 0 Å². The minimum atomic E-state index is -2.82. The van der Waals surface area contributed by atoms with Crippen molar-refractivity contribution in [3.8, 4) is 22.5 Å². The lowest BCUT2D eigenvalue weighted by Crippen LogP contribution is -2.74. The van der Waals surface area contributed by atoms with Gasteiger partial charge in [0.2, 0.25) is 0 Å². The van der Waals surface area contributed by atoms with E-state index in [0.717, 1.165) is 11.4 Å². The SMILES string of the molecule is c1ccc([Si](c2ccccc2)(c2ccccc2)c2cccc(-n3c4ccccc4c4cccc(-n5c6ccccc6c6cccc(-c7cccc8c7sc7ccccc78)c65)c43)c2)cc1. The Morgan fingerprint density at radius 3 is 1.44 bits per heavy atom. The van der Waals surface area contributed by atoms with Crippen LogP contribution in [-0.2, 0) is 0 Å². The lowest BCUT2D eigenvalue weighted by molar-refractivity contribution is 1.13. The Hall–Kier alpha value is -7.76. The van der Waals surface area contributed by atoms with Crippen molar-refractivity contribution in [1.82, 2.24) is 9.13 Å². The number of aromatic nitrogens is 2. The summed E-state index contributed by atoms with van der Waals surface area (Å²) < 4.78 is 7.73. The fraction of sp³-hybridized carbons (Fsp3) is 0. The van der Waals surface area contributed by atoms with E-state index in [9.17, 15) is 0 Å². The summed E-state index contributed by atoms with van der Waals surface area (Å²) in [5.41, 5.74) is 9.57. The van der Waals surface area contributed by atoms with Gasteiger partial charge in [-0.25, -0.2) is 0 Å². The van der Waals surface area contributed by atoms with Crippen molar-refractivity contribution < 1.29 is 0 Å². The molecule has 4 heteroatoms. The fourth-order valence-electron chi connectivity index (χ4n) is 10.8. The van der Waals surface area contributed by atoms with Crippen LogP contribution in [0.1, 0.15) is 0 Å². The quantitative estimate of drug-likeness (QED) is 0.112. The van der Waals surface area contributed by atoms with Crippen LogP contribution in [-0.4, -0.2) is 17.2 Å². The largest absolute Gasteiger partial charge is 0.307 e. The van der Waals surface area contributed by atoms with E-state index in [1.807, 2.05) is 11.3 Å². The Morgan fingerprint density at radius 2 is 0.781 bits per heavy atom. The second-order valence-electron chi connectivity index (χ2n) is 16.8. The Bertz CT molecular complexity index is 3800. The van der Waals surface area contributed by atoms with Gasteiger partial charge in [-0.2, -0.15) is 0 Å². The van der Waals surface area contributed by atoms with Crippen LogP contribution >= 0.6 is 11.3 Å². The maximum atomic E-state index is 2.56. The zero-order valence-electron chi connectivity index (χ0n) is 34.9. The van der Waals surface area contributed by atoms with E-state index in [2.05, 4.69) is 252 Å².